The first kappa shape index (κ1) is 15.8. The molecule has 122 valence electrons. The van der Waals surface area contributed by atoms with Crippen LogP contribution in [0.3, 0.4) is 0 Å². The van der Waals surface area contributed by atoms with E-state index in [9.17, 15) is 14.4 Å². The second-order valence-electron chi connectivity index (χ2n) is 4.98. The highest BCUT2D eigenvalue weighted by atomic mass is 32.1. The van der Waals surface area contributed by atoms with E-state index in [1.807, 2.05) is 6.07 Å². The minimum absolute atomic E-state index is 0.0950. The van der Waals surface area contributed by atoms with Crippen molar-refractivity contribution >= 4 is 39.7 Å². The molecular formula is C16H14N4O3S. The van der Waals surface area contributed by atoms with Gasteiger partial charge in [0, 0.05) is 6.42 Å². The Balaban J connectivity index is 1.77. The molecule has 0 spiro atoms. The first-order valence-corrected chi connectivity index (χ1v) is 7.97. The molecule has 0 saturated carbocycles. The van der Waals surface area contributed by atoms with Crippen LogP contribution in [0.5, 0.6) is 0 Å². The summed E-state index contributed by atoms with van der Waals surface area (Å²) in [5, 5.41) is 5.99. The fourth-order valence-electron chi connectivity index (χ4n) is 2.21. The third kappa shape index (κ3) is 3.13. The van der Waals surface area contributed by atoms with Gasteiger partial charge in [-0.3, -0.25) is 19.8 Å². The number of nitrogens with zero attached hydrogens (tertiary/aromatic N) is 1. The van der Waals surface area contributed by atoms with Gasteiger partial charge >= 0.3 is 0 Å². The number of nitrogens with two attached hydrogens (primary N) is 1. The lowest BCUT2D eigenvalue weighted by molar-refractivity contribution is -0.119. The summed E-state index contributed by atoms with van der Waals surface area (Å²) in [5.41, 5.74) is 9.17. The summed E-state index contributed by atoms with van der Waals surface area (Å²) >= 11 is 1.20. The Hall–Kier alpha value is -3.13. The highest BCUT2D eigenvalue weighted by Gasteiger charge is 2.24. The van der Waals surface area contributed by atoms with Gasteiger partial charge in [-0.25, -0.2) is 5.01 Å². The third-order valence-electron chi connectivity index (χ3n) is 3.38. The molecule has 0 radical (unpaired) electrons. The zero-order valence-electron chi connectivity index (χ0n) is 12.5. The van der Waals surface area contributed by atoms with Gasteiger partial charge in [-0.2, -0.15) is 0 Å². The van der Waals surface area contributed by atoms with Crippen LogP contribution in [0, 0.1) is 0 Å². The summed E-state index contributed by atoms with van der Waals surface area (Å²) in [6, 6.07) is 10.5. The minimum atomic E-state index is -0.613. The molecule has 3 amide bonds. The first-order chi connectivity index (χ1) is 11.6. The van der Waals surface area contributed by atoms with E-state index in [2.05, 4.69) is 10.7 Å². The van der Waals surface area contributed by atoms with Gasteiger partial charge in [0.05, 0.1) is 11.3 Å². The zero-order chi connectivity index (χ0) is 17.1. The SMILES string of the molecule is NC(=O)c1ccsc1NC(=O)C1=CCC(=O)N(c2ccccc2)N1. The van der Waals surface area contributed by atoms with Crippen molar-refractivity contribution < 1.29 is 14.4 Å². The molecule has 24 heavy (non-hydrogen) atoms. The number of nitrogens with one attached hydrogen (secondary N) is 2. The molecule has 1 aromatic carbocycles. The number of hydrogen-bond acceptors (Lipinski definition) is 5. The molecule has 8 heteroatoms. The molecule has 3 rings (SSSR count). The number of amides is 3. The lowest BCUT2D eigenvalue weighted by Gasteiger charge is -2.28. The fourth-order valence-corrected chi connectivity index (χ4v) is 3.00. The van der Waals surface area contributed by atoms with Crippen LogP contribution in [-0.4, -0.2) is 17.7 Å². The Kier molecular flexibility index (Phi) is 4.30. The number of carbonyl (C=O) groups excluding carboxylic acids is 3. The van der Waals surface area contributed by atoms with E-state index >= 15 is 0 Å². The molecule has 1 aliphatic rings. The number of thiophene rings is 1. The molecule has 2 heterocycles. The second kappa shape index (κ2) is 6.55. The molecule has 0 fully saturated rings. The zero-order valence-corrected chi connectivity index (χ0v) is 13.3. The lowest BCUT2D eigenvalue weighted by atomic mass is 10.2. The number of primary amides is 1. The number of carbonyl (C=O) groups is 3. The Morgan fingerprint density at radius 2 is 1.96 bits per heavy atom. The van der Waals surface area contributed by atoms with Crippen molar-refractivity contribution in [1.29, 1.82) is 0 Å². The topological polar surface area (TPSA) is 105 Å². The highest BCUT2D eigenvalue weighted by Crippen LogP contribution is 2.24. The van der Waals surface area contributed by atoms with Gasteiger partial charge < -0.3 is 11.1 Å². The second-order valence-corrected chi connectivity index (χ2v) is 5.90. The number of hydrazine groups is 1. The van der Waals surface area contributed by atoms with Crippen LogP contribution in [0.1, 0.15) is 16.8 Å². The van der Waals surface area contributed by atoms with Gasteiger partial charge in [0.15, 0.2) is 0 Å². The van der Waals surface area contributed by atoms with Crippen molar-refractivity contribution in [3.63, 3.8) is 0 Å². The maximum absolute atomic E-state index is 12.4. The van der Waals surface area contributed by atoms with Crippen LogP contribution in [0.2, 0.25) is 0 Å². The van der Waals surface area contributed by atoms with Crippen molar-refractivity contribution in [3.8, 4) is 0 Å². The van der Waals surface area contributed by atoms with Gasteiger partial charge in [-0.15, -0.1) is 11.3 Å². The summed E-state index contributed by atoms with van der Waals surface area (Å²) in [5.74, 6) is -1.24. The Morgan fingerprint density at radius 1 is 1.21 bits per heavy atom. The van der Waals surface area contributed by atoms with E-state index in [0.717, 1.165) is 0 Å². The molecule has 1 aliphatic heterocycles. The largest absolute Gasteiger partial charge is 0.366 e. The maximum Gasteiger partial charge on any atom is 0.273 e. The monoisotopic (exact) mass is 342 g/mol. The maximum atomic E-state index is 12.4. The predicted molar refractivity (Wildman–Crippen MR) is 91.2 cm³/mol. The fraction of sp³-hybridized carbons (Fsp3) is 0.0625. The van der Waals surface area contributed by atoms with Crippen molar-refractivity contribution in [1.82, 2.24) is 5.43 Å². The summed E-state index contributed by atoms with van der Waals surface area (Å²) in [7, 11) is 0. The van der Waals surface area contributed by atoms with Gasteiger partial charge in [-0.1, -0.05) is 18.2 Å². The van der Waals surface area contributed by atoms with Gasteiger partial charge in [-0.05, 0) is 29.7 Å². The normalized spacial score (nSPS) is 13.9. The molecule has 0 atom stereocenters. The molecular weight excluding hydrogens is 328 g/mol. The number of hydrogen-bond donors (Lipinski definition) is 3. The van der Waals surface area contributed by atoms with Crippen LogP contribution >= 0.6 is 11.3 Å². The van der Waals surface area contributed by atoms with Crippen LogP contribution in [0.15, 0.2) is 53.6 Å². The van der Waals surface area contributed by atoms with E-state index in [1.54, 1.807) is 35.7 Å². The van der Waals surface area contributed by atoms with E-state index < -0.39 is 11.8 Å². The van der Waals surface area contributed by atoms with Crippen molar-refractivity contribution in [2.75, 3.05) is 10.3 Å². The molecule has 7 nitrogen and oxygen atoms in total. The molecule has 0 bridgehead atoms. The predicted octanol–water partition coefficient (Wildman–Crippen LogP) is 1.61. The van der Waals surface area contributed by atoms with E-state index in [-0.39, 0.29) is 23.6 Å². The summed E-state index contributed by atoms with van der Waals surface area (Å²) < 4.78 is 0. The van der Waals surface area contributed by atoms with Crippen LogP contribution in [-0.2, 0) is 9.59 Å². The number of rotatable bonds is 4. The van der Waals surface area contributed by atoms with Gasteiger partial charge in [0.2, 0.25) is 5.91 Å². The molecule has 4 N–H and O–H groups in total. The third-order valence-corrected chi connectivity index (χ3v) is 4.21. The summed E-state index contributed by atoms with van der Waals surface area (Å²) in [6.07, 6.45) is 1.60. The smallest absolute Gasteiger partial charge is 0.273 e. The van der Waals surface area contributed by atoms with Gasteiger partial charge in [0.1, 0.15) is 10.7 Å². The van der Waals surface area contributed by atoms with Gasteiger partial charge in [0.25, 0.3) is 11.8 Å². The average Bonchev–Trinajstić information content (AvgIpc) is 3.04. The Morgan fingerprint density at radius 3 is 2.67 bits per heavy atom. The molecule has 2 aromatic rings. The van der Waals surface area contributed by atoms with Crippen molar-refractivity contribution in [2.24, 2.45) is 5.73 Å². The standard InChI is InChI=1S/C16H14N4O3S/c17-14(22)11-8-9-24-16(11)18-15(23)12-6-7-13(21)20(19-12)10-4-2-1-3-5-10/h1-6,8-9,19H,7H2,(H2,17,22)(H,18,23). The number of anilines is 2. The minimum Gasteiger partial charge on any atom is -0.366 e. The molecule has 1 aromatic heterocycles. The molecule has 0 aliphatic carbocycles. The number of para-hydroxylation sites is 1. The Bertz CT molecular complexity index is 829. The quantitative estimate of drug-likeness (QED) is 0.785. The van der Waals surface area contributed by atoms with Crippen molar-refractivity contribution in [2.45, 2.75) is 6.42 Å². The molecule has 0 saturated heterocycles. The van der Waals surface area contributed by atoms with Crippen LogP contribution < -0.4 is 21.5 Å². The number of benzene rings is 1. The lowest BCUT2D eigenvalue weighted by Crippen LogP contribution is -2.47. The molecule has 0 unspecified atom stereocenters. The average molecular weight is 342 g/mol. The van der Waals surface area contributed by atoms with Crippen LogP contribution in [0.4, 0.5) is 10.7 Å². The first-order valence-electron chi connectivity index (χ1n) is 7.09. The van der Waals surface area contributed by atoms with E-state index in [1.165, 1.54) is 22.4 Å². The van der Waals surface area contributed by atoms with E-state index in [0.29, 0.717) is 10.7 Å². The summed E-state index contributed by atoms with van der Waals surface area (Å²) in [6.45, 7) is 0. The summed E-state index contributed by atoms with van der Waals surface area (Å²) in [4.78, 5) is 35.8. The van der Waals surface area contributed by atoms with Crippen molar-refractivity contribution in [3.05, 3.63) is 59.1 Å². The van der Waals surface area contributed by atoms with E-state index in [4.69, 9.17) is 5.73 Å². The highest BCUT2D eigenvalue weighted by molar-refractivity contribution is 7.14. The van der Waals surface area contributed by atoms with Crippen LogP contribution in [0.25, 0.3) is 0 Å². The Labute approximate surface area is 141 Å².